The molecule has 7 rings (SSSR count). The van der Waals surface area contributed by atoms with Gasteiger partial charge in [-0.1, -0.05) is 66.2 Å². The monoisotopic (exact) mass is 793 g/mol. The maximum Gasteiger partial charge on any atom is 0.293 e. The van der Waals surface area contributed by atoms with E-state index in [2.05, 4.69) is 66.2 Å². The third-order valence-corrected chi connectivity index (χ3v) is 12.5. The maximum atomic E-state index is 13.6. The second-order valence-corrected chi connectivity index (χ2v) is 17.2. The topological polar surface area (TPSA) is 134 Å². The molecule has 282 valence electrons. The first-order valence-corrected chi connectivity index (χ1v) is 20.6. The van der Waals surface area contributed by atoms with Crippen LogP contribution in [0.25, 0.3) is 22.0 Å². The number of benzene rings is 5. The second kappa shape index (κ2) is 16.3. The highest BCUT2D eigenvalue weighted by atomic mass is 35.5. The Kier molecular flexibility index (Phi) is 11.3. The number of fused-ring (bicyclic) bond motifs is 1. The molecule has 1 aromatic heterocycles. The van der Waals surface area contributed by atoms with Crippen LogP contribution in [0, 0.1) is 10.1 Å². The SMILES string of the molecule is CC(C)(CSc1ccccc1)Nc1ccc(S(=O)(=O)Nc2ncnc3cc(N4CCN(Cc5ccccc5-c5ccc(Cl)cc5)CC4)ccc23)cc1[N+](=O)[O-]. The highest BCUT2D eigenvalue weighted by molar-refractivity contribution is 7.99. The van der Waals surface area contributed by atoms with Crippen LogP contribution in [0.4, 0.5) is 22.9 Å². The first-order chi connectivity index (χ1) is 26.4. The van der Waals surface area contributed by atoms with Crippen molar-refractivity contribution in [3.8, 4) is 11.1 Å². The second-order valence-electron chi connectivity index (χ2n) is 14.0. The number of hydrogen-bond donors (Lipinski definition) is 2. The molecular formula is C41H40ClN7O4S2. The van der Waals surface area contributed by atoms with E-state index in [1.165, 1.54) is 29.6 Å². The minimum absolute atomic E-state index is 0.0876. The van der Waals surface area contributed by atoms with Crippen molar-refractivity contribution in [2.75, 3.05) is 46.9 Å². The summed E-state index contributed by atoms with van der Waals surface area (Å²) in [5.74, 6) is 0.708. The Morgan fingerprint density at radius 1 is 0.873 bits per heavy atom. The van der Waals surface area contributed by atoms with E-state index in [0.29, 0.717) is 21.7 Å². The summed E-state index contributed by atoms with van der Waals surface area (Å²) < 4.78 is 29.8. The fraction of sp³-hybridized carbons (Fsp3) is 0.220. The summed E-state index contributed by atoms with van der Waals surface area (Å²) in [6.07, 6.45) is 1.31. The van der Waals surface area contributed by atoms with Gasteiger partial charge in [0.05, 0.1) is 15.3 Å². The minimum Gasteiger partial charge on any atom is -0.374 e. The van der Waals surface area contributed by atoms with Crippen LogP contribution in [0.2, 0.25) is 5.02 Å². The summed E-state index contributed by atoms with van der Waals surface area (Å²) >= 11 is 7.75. The molecule has 0 aliphatic carbocycles. The Labute approximate surface area is 330 Å². The molecule has 0 bridgehead atoms. The molecule has 5 aromatic carbocycles. The summed E-state index contributed by atoms with van der Waals surface area (Å²) in [5.41, 5.74) is 4.49. The van der Waals surface area contributed by atoms with Gasteiger partial charge in [-0.2, -0.15) is 0 Å². The number of sulfonamides is 1. The third kappa shape index (κ3) is 9.19. The Morgan fingerprint density at radius 3 is 2.35 bits per heavy atom. The Hall–Kier alpha value is -5.21. The standard InChI is InChI=1S/C41H40ClN7O4S2/c1-41(2,27-54-33-9-4-3-5-10-33)45-37-19-17-34(25-39(37)49(50)51)55(52,53)46-40-36-18-16-32(24-38(36)43-28-44-40)48-22-20-47(21-23-48)26-30-8-6-7-11-35(30)29-12-14-31(42)15-13-29/h3-19,24-25,28,45H,20-23,26-27H2,1-2H3,(H,43,44,46). The Bertz CT molecular complexity index is 2430. The molecule has 2 heterocycles. The molecule has 14 heteroatoms. The minimum atomic E-state index is -4.25. The lowest BCUT2D eigenvalue weighted by molar-refractivity contribution is -0.384. The molecule has 0 amide bonds. The van der Waals surface area contributed by atoms with Gasteiger partial charge in [-0.25, -0.2) is 18.4 Å². The number of piperazine rings is 1. The van der Waals surface area contributed by atoms with Gasteiger partial charge in [-0.3, -0.25) is 19.7 Å². The van der Waals surface area contributed by atoms with E-state index >= 15 is 0 Å². The van der Waals surface area contributed by atoms with E-state index in [1.54, 1.807) is 11.8 Å². The lowest BCUT2D eigenvalue weighted by Gasteiger charge is -2.36. The van der Waals surface area contributed by atoms with Crippen LogP contribution >= 0.6 is 23.4 Å². The predicted molar refractivity (Wildman–Crippen MR) is 223 cm³/mol. The van der Waals surface area contributed by atoms with Crippen LogP contribution in [0.1, 0.15) is 19.4 Å². The van der Waals surface area contributed by atoms with Crippen LogP contribution in [-0.4, -0.2) is 65.7 Å². The molecule has 0 unspecified atom stereocenters. The van der Waals surface area contributed by atoms with E-state index in [9.17, 15) is 18.5 Å². The van der Waals surface area contributed by atoms with Gasteiger partial charge in [0.1, 0.15) is 12.0 Å². The predicted octanol–water partition coefficient (Wildman–Crippen LogP) is 8.96. The molecule has 1 aliphatic rings. The van der Waals surface area contributed by atoms with Crippen molar-refractivity contribution >= 4 is 67.2 Å². The number of thioether (sulfide) groups is 1. The average molecular weight is 794 g/mol. The maximum absolute atomic E-state index is 13.6. The lowest BCUT2D eigenvalue weighted by atomic mass is 9.99. The highest BCUT2D eigenvalue weighted by Crippen LogP contribution is 2.34. The zero-order chi connectivity index (χ0) is 38.6. The number of rotatable bonds is 13. The van der Waals surface area contributed by atoms with Gasteiger partial charge in [0.25, 0.3) is 15.7 Å². The molecule has 0 radical (unpaired) electrons. The Balaban J connectivity index is 1.02. The van der Waals surface area contributed by atoms with E-state index in [0.717, 1.165) is 54.9 Å². The molecule has 1 fully saturated rings. The van der Waals surface area contributed by atoms with Crippen LogP contribution in [-0.2, 0) is 16.6 Å². The summed E-state index contributed by atoms with van der Waals surface area (Å²) in [7, 11) is -4.25. The summed E-state index contributed by atoms with van der Waals surface area (Å²) in [6, 6.07) is 35.8. The largest absolute Gasteiger partial charge is 0.374 e. The van der Waals surface area contributed by atoms with Gasteiger partial charge in [0.2, 0.25) is 0 Å². The van der Waals surface area contributed by atoms with Crippen LogP contribution < -0.4 is 14.9 Å². The number of nitrogens with one attached hydrogen (secondary N) is 2. The first-order valence-electron chi connectivity index (χ1n) is 17.8. The number of aromatic nitrogens is 2. The van der Waals surface area contributed by atoms with Crippen molar-refractivity contribution in [1.29, 1.82) is 0 Å². The molecule has 55 heavy (non-hydrogen) atoms. The summed E-state index contributed by atoms with van der Waals surface area (Å²) in [6.45, 7) is 8.07. The lowest BCUT2D eigenvalue weighted by Crippen LogP contribution is -2.46. The van der Waals surface area contributed by atoms with Crippen molar-refractivity contribution in [2.45, 2.75) is 35.7 Å². The molecule has 1 aliphatic heterocycles. The van der Waals surface area contributed by atoms with Crippen molar-refractivity contribution in [1.82, 2.24) is 14.9 Å². The number of hydrogen-bond acceptors (Lipinski definition) is 10. The average Bonchev–Trinajstić information content (AvgIpc) is 3.18. The van der Waals surface area contributed by atoms with Crippen molar-refractivity contribution in [2.24, 2.45) is 0 Å². The van der Waals surface area contributed by atoms with Crippen molar-refractivity contribution < 1.29 is 13.3 Å². The number of nitro benzene ring substituents is 1. The van der Waals surface area contributed by atoms with Gasteiger partial charge >= 0.3 is 0 Å². The first kappa shape index (κ1) is 38.1. The number of nitro groups is 1. The fourth-order valence-electron chi connectivity index (χ4n) is 6.60. The third-order valence-electron chi connectivity index (χ3n) is 9.45. The van der Waals surface area contributed by atoms with Crippen LogP contribution in [0.5, 0.6) is 0 Å². The van der Waals surface area contributed by atoms with E-state index in [1.807, 2.05) is 74.5 Å². The molecule has 0 saturated carbocycles. The van der Waals surface area contributed by atoms with Crippen molar-refractivity contribution in [3.05, 3.63) is 142 Å². The molecule has 2 N–H and O–H groups in total. The highest BCUT2D eigenvalue weighted by Gasteiger charge is 2.27. The van der Waals surface area contributed by atoms with Gasteiger partial charge in [-0.15, -0.1) is 11.8 Å². The molecule has 1 saturated heterocycles. The summed E-state index contributed by atoms with van der Waals surface area (Å²) in [4.78, 5) is 25.8. The van der Waals surface area contributed by atoms with Crippen LogP contribution in [0.3, 0.4) is 0 Å². The van der Waals surface area contributed by atoms with Gasteiger partial charge in [0, 0.05) is 71.1 Å². The van der Waals surface area contributed by atoms with E-state index < -0.39 is 20.5 Å². The molecular weight excluding hydrogens is 754 g/mol. The molecule has 11 nitrogen and oxygen atoms in total. The zero-order valence-corrected chi connectivity index (χ0v) is 32.7. The Morgan fingerprint density at radius 2 is 1.60 bits per heavy atom. The normalized spacial score (nSPS) is 13.8. The number of nitrogens with zero attached hydrogens (tertiary/aromatic N) is 5. The van der Waals surface area contributed by atoms with Crippen LogP contribution in [0.15, 0.2) is 131 Å². The molecule has 0 spiro atoms. The molecule has 6 aromatic rings. The van der Waals surface area contributed by atoms with E-state index in [-0.39, 0.29) is 22.1 Å². The van der Waals surface area contributed by atoms with Crippen molar-refractivity contribution in [3.63, 3.8) is 0 Å². The number of halogens is 1. The van der Waals surface area contributed by atoms with Gasteiger partial charge in [0.15, 0.2) is 5.82 Å². The summed E-state index contributed by atoms with van der Waals surface area (Å²) in [5, 5.41) is 16.6. The van der Waals surface area contributed by atoms with E-state index in [4.69, 9.17) is 11.6 Å². The smallest absolute Gasteiger partial charge is 0.293 e. The quantitative estimate of drug-likeness (QED) is 0.0663. The van der Waals surface area contributed by atoms with Gasteiger partial charge in [-0.05, 0) is 85.1 Å². The number of anilines is 3. The molecule has 0 atom stereocenters. The zero-order valence-electron chi connectivity index (χ0n) is 30.4. The fourth-order valence-corrected chi connectivity index (χ4v) is 8.72. The van der Waals surface area contributed by atoms with Gasteiger partial charge < -0.3 is 10.2 Å².